The summed E-state index contributed by atoms with van der Waals surface area (Å²) in [5, 5.41) is 9.51. The number of aliphatic carboxylic acids is 1. The number of carboxylic acids is 1. The van der Waals surface area contributed by atoms with Crippen LogP contribution in [0.5, 0.6) is 0 Å². The minimum atomic E-state index is -0.969. The van der Waals surface area contributed by atoms with Crippen LogP contribution in [-0.4, -0.2) is 46.0 Å². The Labute approximate surface area is 107 Å². The molecule has 1 N–H and O–H groups in total. The molecule has 0 spiro atoms. The Morgan fingerprint density at radius 2 is 2.12 bits per heavy atom. The van der Waals surface area contributed by atoms with E-state index in [1.165, 1.54) is 0 Å². The Morgan fingerprint density at radius 3 is 2.65 bits per heavy atom. The van der Waals surface area contributed by atoms with Gasteiger partial charge in [-0.15, -0.1) is 0 Å². The predicted octanol–water partition coefficient (Wildman–Crippen LogP) is 1.84. The highest BCUT2D eigenvalue weighted by Gasteiger charge is 2.33. The first-order valence-corrected chi connectivity index (χ1v) is 7.04. The molecule has 0 aromatic rings. The lowest BCUT2D eigenvalue weighted by molar-refractivity contribution is -0.151. The second kappa shape index (κ2) is 5.76. The summed E-state index contributed by atoms with van der Waals surface area (Å²) in [6, 6.07) is 0. The van der Waals surface area contributed by atoms with Crippen molar-refractivity contribution in [2.24, 2.45) is 5.41 Å². The Balaban J connectivity index is 2.55. The van der Waals surface area contributed by atoms with Gasteiger partial charge in [-0.25, -0.2) is 0 Å². The highest BCUT2D eigenvalue weighted by Crippen LogP contribution is 2.25. The number of amides is 1. The summed E-state index contributed by atoms with van der Waals surface area (Å²) in [6.07, 6.45) is 1.14. The van der Waals surface area contributed by atoms with Gasteiger partial charge >= 0.3 is 5.97 Å². The summed E-state index contributed by atoms with van der Waals surface area (Å²) >= 11 is 1.90. The van der Waals surface area contributed by atoms with Gasteiger partial charge in [0.25, 0.3) is 0 Å². The van der Waals surface area contributed by atoms with Gasteiger partial charge in [0.05, 0.1) is 5.41 Å². The van der Waals surface area contributed by atoms with Crippen LogP contribution in [0.3, 0.4) is 0 Å². The summed E-state index contributed by atoms with van der Waals surface area (Å²) in [5.41, 5.74) is -0.969. The van der Waals surface area contributed by atoms with Crippen molar-refractivity contribution < 1.29 is 14.7 Å². The number of rotatable bonds is 4. The quantitative estimate of drug-likeness (QED) is 0.837. The summed E-state index contributed by atoms with van der Waals surface area (Å²) in [6.45, 7) is 6.82. The van der Waals surface area contributed by atoms with Gasteiger partial charge in [-0.05, 0) is 20.3 Å². The molecule has 4 nitrogen and oxygen atoms in total. The number of carbonyl (C=O) groups is 2. The third-order valence-corrected chi connectivity index (χ3v) is 4.49. The number of nitrogens with zero attached hydrogens (tertiary/aromatic N) is 1. The van der Waals surface area contributed by atoms with Crippen molar-refractivity contribution in [3.05, 3.63) is 0 Å². The van der Waals surface area contributed by atoms with Crippen molar-refractivity contribution in [2.45, 2.75) is 38.9 Å². The average molecular weight is 259 g/mol. The summed E-state index contributed by atoms with van der Waals surface area (Å²) in [5.74, 6) is 0.0120. The van der Waals surface area contributed by atoms with Crippen molar-refractivity contribution in [3.63, 3.8) is 0 Å². The largest absolute Gasteiger partial charge is 0.481 e. The molecule has 0 radical (unpaired) electrons. The van der Waals surface area contributed by atoms with Gasteiger partial charge in [0.1, 0.15) is 0 Å². The topological polar surface area (TPSA) is 57.6 Å². The van der Waals surface area contributed by atoms with Gasteiger partial charge in [0.15, 0.2) is 0 Å². The standard InChI is InChI=1S/C12H21NO3S/c1-4-9-8-13(5-6-17-9)10(14)7-12(2,3)11(15)16/h9H,4-8H2,1-3H3,(H,15,16). The Hall–Kier alpha value is -0.710. The lowest BCUT2D eigenvalue weighted by Gasteiger charge is -2.33. The lowest BCUT2D eigenvalue weighted by atomic mass is 9.89. The third-order valence-electron chi connectivity index (χ3n) is 3.12. The normalized spacial score (nSPS) is 21.4. The molecule has 1 heterocycles. The van der Waals surface area contributed by atoms with Gasteiger partial charge in [-0.1, -0.05) is 6.92 Å². The van der Waals surface area contributed by atoms with Crippen LogP contribution in [0.25, 0.3) is 0 Å². The second-order valence-electron chi connectivity index (χ2n) is 5.11. The maximum absolute atomic E-state index is 12.0. The molecule has 5 heteroatoms. The van der Waals surface area contributed by atoms with Crippen molar-refractivity contribution in [2.75, 3.05) is 18.8 Å². The fourth-order valence-electron chi connectivity index (χ4n) is 1.76. The molecule has 0 saturated carbocycles. The minimum absolute atomic E-state index is 0.0313. The number of carboxylic acid groups (broad SMARTS) is 1. The smallest absolute Gasteiger partial charge is 0.309 e. The Kier molecular flexibility index (Phi) is 4.86. The summed E-state index contributed by atoms with van der Waals surface area (Å²) in [4.78, 5) is 24.8. The van der Waals surface area contributed by atoms with Crippen LogP contribution in [0.15, 0.2) is 0 Å². The molecule has 17 heavy (non-hydrogen) atoms. The third kappa shape index (κ3) is 3.91. The molecular formula is C12H21NO3S. The first-order chi connectivity index (χ1) is 7.86. The Morgan fingerprint density at radius 1 is 1.47 bits per heavy atom. The molecule has 1 saturated heterocycles. The van der Waals surface area contributed by atoms with Gasteiger partial charge in [0, 0.05) is 30.5 Å². The maximum Gasteiger partial charge on any atom is 0.309 e. The highest BCUT2D eigenvalue weighted by molar-refractivity contribution is 8.00. The van der Waals surface area contributed by atoms with E-state index in [4.69, 9.17) is 5.11 Å². The van der Waals surface area contributed by atoms with E-state index in [0.717, 1.165) is 25.3 Å². The van der Waals surface area contributed by atoms with Gasteiger partial charge in [-0.2, -0.15) is 11.8 Å². The molecule has 1 amide bonds. The average Bonchev–Trinajstić information content (AvgIpc) is 2.28. The first-order valence-electron chi connectivity index (χ1n) is 5.99. The van der Waals surface area contributed by atoms with E-state index in [2.05, 4.69) is 6.92 Å². The zero-order valence-electron chi connectivity index (χ0n) is 10.7. The van der Waals surface area contributed by atoms with Gasteiger partial charge in [0.2, 0.25) is 5.91 Å². The zero-order chi connectivity index (χ0) is 13.1. The van der Waals surface area contributed by atoms with E-state index in [1.807, 2.05) is 16.7 Å². The van der Waals surface area contributed by atoms with Crippen molar-refractivity contribution in [1.82, 2.24) is 4.90 Å². The maximum atomic E-state index is 12.0. The molecular weight excluding hydrogens is 238 g/mol. The fourth-order valence-corrected chi connectivity index (χ4v) is 2.94. The van der Waals surface area contributed by atoms with Crippen LogP contribution in [0.4, 0.5) is 0 Å². The monoisotopic (exact) mass is 259 g/mol. The Bertz CT molecular complexity index is 304. The number of thioether (sulfide) groups is 1. The predicted molar refractivity (Wildman–Crippen MR) is 69.2 cm³/mol. The van der Waals surface area contributed by atoms with Crippen LogP contribution >= 0.6 is 11.8 Å². The molecule has 1 atom stereocenters. The van der Waals surface area contributed by atoms with Crippen molar-refractivity contribution in [3.8, 4) is 0 Å². The van der Waals surface area contributed by atoms with Gasteiger partial charge in [-0.3, -0.25) is 9.59 Å². The van der Waals surface area contributed by atoms with Gasteiger partial charge < -0.3 is 10.0 Å². The van der Waals surface area contributed by atoms with E-state index in [0.29, 0.717) is 5.25 Å². The molecule has 0 aromatic heterocycles. The van der Waals surface area contributed by atoms with E-state index >= 15 is 0 Å². The lowest BCUT2D eigenvalue weighted by Crippen LogP contribution is -2.44. The van der Waals surface area contributed by atoms with Crippen LogP contribution in [0.1, 0.15) is 33.6 Å². The highest BCUT2D eigenvalue weighted by atomic mass is 32.2. The van der Waals surface area contributed by atoms with Crippen molar-refractivity contribution >= 4 is 23.6 Å². The summed E-state index contributed by atoms with van der Waals surface area (Å²) in [7, 11) is 0. The molecule has 0 aromatic carbocycles. The van der Waals surface area contributed by atoms with Crippen LogP contribution in [-0.2, 0) is 9.59 Å². The molecule has 1 fully saturated rings. The van der Waals surface area contributed by atoms with E-state index in [9.17, 15) is 9.59 Å². The summed E-state index contributed by atoms with van der Waals surface area (Å²) < 4.78 is 0. The second-order valence-corrected chi connectivity index (χ2v) is 6.51. The number of carbonyl (C=O) groups excluding carboxylic acids is 1. The molecule has 1 rings (SSSR count). The molecule has 1 unspecified atom stereocenters. The van der Waals surface area contributed by atoms with Crippen LogP contribution in [0.2, 0.25) is 0 Å². The first kappa shape index (κ1) is 14.4. The number of hydrogen-bond donors (Lipinski definition) is 1. The van der Waals surface area contributed by atoms with E-state index < -0.39 is 11.4 Å². The zero-order valence-corrected chi connectivity index (χ0v) is 11.5. The van der Waals surface area contributed by atoms with Crippen LogP contribution in [0, 0.1) is 5.41 Å². The number of hydrogen-bond acceptors (Lipinski definition) is 3. The molecule has 98 valence electrons. The molecule has 1 aliphatic rings. The van der Waals surface area contributed by atoms with E-state index in [-0.39, 0.29) is 12.3 Å². The van der Waals surface area contributed by atoms with E-state index in [1.54, 1.807) is 13.8 Å². The fraction of sp³-hybridized carbons (Fsp3) is 0.833. The molecule has 0 bridgehead atoms. The SMILES string of the molecule is CCC1CN(C(=O)CC(C)(C)C(=O)O)CCS1. The van der Waals surface area contributed by atoms with Crippen molar-refractivity contribution in [1.29, 1.82) is 0 Å². The van der Waals surface area contributed by atoms with Crippen LogP contribution < -0.4 is 0 Å². The molecule has 1 aliphatic heterocycles. The molecule has 0 aliphatic carbocycles. The minimum Gasteiger partial charge on any atom is -0.481 e.